The standard InChI is InChI=1S/C11H9F3N2O3S/c1-7-4-9(16-19-7)6-20(17,18)10-3-2-8(5-15-10)11(12,13)14/h2-5H,6H2,1H3. The summed E-state index contributed by atoms with van der Waals surface area (Å²) in [6, 6.07) is 2.93. The number of aryl methyl sites for hydroxylation is 1. The molecule has 0 N–H and O–H groups in total. The molecule has 2 rings (SSSR count). The van der Waals surface area contributed by atoms with Crippen molar-refractivity contribution >= 4 is 9.84 Å². The molecule has 0 amide bonds. The lowest BCUT2D eigenvalue weighted by molar-refractivity contribution is -0.137. The van der Waals surface area contributed by atoms with Gasteiger partial charge in [-0.25, -0.2) is 13.4 Å². The highest BCUT2D eigenvalue weighted by Gasteiger charge is 2.31. The number of aromatic nitrogens is 2. The van der Waals surface area contributed by atoms with Crippen molar-refractivity contribution in [3.8, 4) is 0 Å². The molecule has 0 atom stereocenters. The highest BCUT2D eigenvalue weighted by molar-refractivity contribution is 7.90. The molecule has 0 aliphatic carbocycles. The second-order valence-electron chi connectivity index (χ2n) is 4.07. The van der Waals surface area contributed by atoms with E-state index in [1.165, 1.54) is 6.07 Å². The van der Waals surface area contributed by atoms with Crippen LogP contribution in [-0.2, 0) is 21.8 Å². The van der Waals surface area contributed by atoms with E-state index < -0.39 is 32.4 Å². The van der Waals surface area contributed by atoms with E-state index >= 15 is 0 Å². The van der Waals surface area contributed by atoms with Crippen molar-refractivity contribution in [2.45, 2.75) is 23.9 Å². The van der Waals surface area contributed by atoms with Gasteiger partial charge in [-0.15, -0.1) is 0 Å². The first-order chi connectivity index (χ1) is 9.18. The largest absolute Gasteiger partial charge is 0.417 e. The Bertz CT molecular complexity index is 705. The third kappa shape index (κ3) is 3.16. The van der Waals surface area contributed by atoms with Crippen molar-refractivity contribution in [1.29, 1.82) is 0 Å². The molecular formula is C11H9F3N2O3S. The van der Waals surface area contributed by atoms with E-state index in [0.717, 1.165) is 6.07 Å². The summed E-state index contributed by atoms with van der Waals surface area (Å²) in [5.74, 6) is -0.0431. The molecular weight excluding hydrogens is 297 g/mol. The predicted octanol–water partition coefficient (Wildman–Crippen LogP) is 2.37. The van der Waals surface area contributed by atoms with Gasteiger partial charge in [0.05, 0.1) is 11.3 Å². The number of sulfone groups is 1. The van der Waals surface area contributed by atoms with Gasteiger partial charge in [0.25, 0.3) is 0 Å². The topological polar surface area (TPSA) is 73.1 Å². The zero-order chi connectivity index (χ0) is 15.0. The lowest BCUT2D eigenvalue weighted by Gasteiger charge is -2.06. The molecule has 9 heteroatoms. The molecule has 20 heavy (non-hydrogen) atoms. The summed E-state index contributed by atoms with van der Waals surface area (Å²) in [5.41, 5.74) is -0.835. The maximum Gasteiger partial charge on any atom is 0.417 e. The average molecular weight is 306 g/mol. The molecule has 0 spiro atoms. The predicted molar refractivity (Wildman–Crippen MR) is 61.4 cm³/mol. The van der Waals surface area contributed by atoms with Crippen LogP contribution >= 0.6 is 0 Å². The van der Waals surface area contributed by atoms with Crippen LogP contribution in [0.2, 0.25) is 0 Å². The minimum absolute atomic E-state index is 0.171. The summed E-state index contributed by atoms with van der Waals surface area (Å²) in [5, 5.41) is 3.08. The molecule has 0 aliphatic rings. The summed E-state index contributed by atoms with van der Waals surface area (Å²) >= 11 is 0. The maximum atomic E-state index is 12.4. The van der Waals surface area contributed by atoms with Crippen LogP contribution in [0.5, 0.6) is 0 Å². The minimum atomic E-state index is -4.56. The first-order valence-electron chi connectivity index (χ1n) is 5.37. The number of hydrogen-bond acceptors (Lipinski definition) is 5. The minimum Gasteiger partial charge on any atom is -0.361 e. The van der Waals surface area contributed by atoms with Crippen LogP contribution in [0.1, 0.15) is 17.0 Å². The van der Waals surface area contributed by atoms with Crippen LogP contribution < -0.4 is 0 Å². The van der Waals surface area contributed by atoms with Crippen molar-refractivity contribution in [3.63, 3.8) is 0 Å². The zero-order valence-electron chi connectivity index (χ0n) is 10.2. The van der Waals surface area contributed by atoms with Crippen LogP contribution in [-0.4, -0.2) is 18.6 Å². The van der Waals surface area contributed by atoms with Gasteiger partial charge in [-0.3, -0.25) is 0 Å². The molecule has 0 fully saturated rings. The maximum absolute atomic E-state index is 12.4. The van der Waals surface area contributed by atoms with Gasteiger partial charge in [0.1, 0.15) is 11.5 Å². The smallest absolute Gasteiger partial charge is 0.361 e. The van der Waals surface area contributed by atoms with E-state index in [1.807, 2.05) is 0 Å². The summed E-state index contributed by atoms with van der Waals surface area (Å²) in [6.07, 6.45) is -4.07. The number of alkyl halides is 3. The third-order valence-corrected chi connectivity index (χ3v) is 3.95. The molecule has 2 aromatic heterocycles. The van der Waals surface area contributed by atoms with Crippen molar-refractivity contribution in [1.82, 2.24) is 10.1 Å². The fourth-order valence-electron chi connectivity index (χ4n) is 1.49. The second kappa shape index (κ2) is 4.89. The van der Waals surface area contributed by atoms with Gasteiger partial charge < -0.3 is 4.52 Å². The lowest BCUT2D eigenvalue weighted by atomic mass is 10.3. The van der Waals surface area contributed by atoms with Crippen molar-refractivity contribution in [2.24, 2.45) is 0 Å². The van der Waals surface area contributed by atoms with Crippen molar-refractivity contribution < 1.29 is 26.1 Å². The van der Waals surface area contributed by atoms with E-state index in [-0.39, 0.29) is 5.69 Å². The van der Waals surface area contributed by atoms with Gasteiger partial charge in [-0.05, 0) is 19.1 Å². The third-order valence-electron chi connectivity index (χ3n) is 2.40. The van der Waals surface area contributed by atoms with E-state index in [9.17, 15) is 21.6 Å². The summed E-state index contributed by atoms with van der Waals surface area (Å²) < 4.78 is 65.7. The molecule has 0 bridgehead atoms. The van der Waals surface area contributed by atoms with E-state index in [0.29, 0.717) is 18.0 Å². The average Bonchev–Trinajstić information content (AvgIpc) is 2.73. The van der Waals surface area contributed by atoms with Gasteiger partial charge in [-0.2, -0.15) is 13.2 Å². The lowest BCUT2D eigenvalue weighted by Crippen LogP contribution is -2.10. The first kappa shape index (κ1) is 14.5. The van der Waals surface area contributed by atoms with Gasteiger partial charge in [-0.1, -0.05) is 5.16 Å². The molecule has 0 radical (unpaired) electrons. The molecule has 5 nitrogen and oxygen atoms in total. The number of pyridine rings is 1. The summed E-state index contributed by atoms with van der Waals surface area (Å²) in [4.78, 5) is 3.35. The summed E-state index contributed by atoms with van der Waals surface area (Å²) in [7, 11) is -3.86. The Morgan fingerprint density at radius 1 is 1.30 bits per heavy atom. The van der Waals surface area contributed by atoms with Gasteiger partial charge in [0.15, 0.2) is 5.03 Å². The quantitative estimate of drug-likeness (QED) is 0.870. The van der Waals surface area contributed by atoms with Gasteiger partial charge in [0.2, 0.25) is 9.84 Å². The SMILES string of the molecule is Cc1cc(CS(=O)(=O)c2ccc(C(F)(F)F)cn2)no1. The van der Waals surface area contributed by atoms with Crippen LogP contribution in [0.3, 0.4) is 0 Å². The number of hydrogen-bond donors (Lipinski definition) is 0. The second-order valence-corrected chi connectivity index (χ2v) is 6.01. The van der Waals surface area contributed by atoms with Crippen LogP contribution in [0, 0.1) is 6.92 Å². The monoisotopic (exact) mass is 306 g/mol. The normalized spacial score (nSPS) is 12.6. The fraction of sp³-hybridized carbons (Fsp3) is 0.273. The van der Waals surface area contributed by atoms with Crippen molar-refractivity contribution in [3.05, 3.63) is 41.4 Å². The Hall–Kier alpha value is -1.90. The Morgan fingerprint density at radius 3 is 2.45 bits per heavy atom. The molecule has 0 saturated heterocycles. The Kier molecular flexibility index (Phi) is 3.55. The number of halogens is 3. The van der Waals surface area contributed by atoms with Crippen molar-refractivity contribution in [2.75, 3.05) is 0 Å². The van der Waals surface area contributed by atoms with E-state index in [4.69, 9.17) is 4.52 Å². The highest BCUT2D eigenvalue weighted by atomic mass is 32.2. The van der Waals surface area contributed by atoms with Crippen LogP contribution in [0.4, 0.5) is 13.2 Å². The first-order valence-corrected chi connectivity index (χ1v) is 7.02. The van der Waals surface area contributed by atoms with Gasteiger partial charge >= 0.3 is 6.18 Å². The number of rotatable bonds is 3. The van der Waals surface area contributed by atoms with E-state index in [2.05, 4.69) is 10.1 Å². The number of nitrogens with zero attached hydrogens (tertiary/aromatic N) is 2. The molecule has 108 valence electrons. The molecule has 0 aromatic carbocycles. The fourth-order valence-corrected chi connectivity index (χ4v) is 2.65. The zero-order valence-corrected chi connectivity index (χ0v) is 11.0. The Balaban J connectivity index is 2.26. The molecule has 0 saturated carbocycles. The molecule has 2 heterocycles. The Labute approximate surface area is 112 Å². The van der Waals surface area contributed by atoms with Crippen LogP contribution in [0.15, 0.2) is 33.9 Å². The molecule has 0 unspecified atom stereocenters. The Morgan fingerprint density at radius 2 is 2.00 bits per heavy atom. The van der Waals surface area contributed by atoms with Crippen LogP contribution in [0.25, 0.3) is 0 Å². The van der Waals surface area contributed by atoms with E-state index in [1.54, 1.807) is 6.92 Å². The summed E-state index contributed by atoms with van der Waals surface area (Å²) in [6.45, 7) is 1.60. The molecule has 2 aromatic rings. The molecule has 0 aliphatic heterocycles. The highest BCUT2D eigenvalue weighted by Crippen LogP contribution is 2.29. The van der Waals surface area contributed by atoms with Gasteiger partial charge in [0, 0.05) is 12.3 Å².